The van der Waals surface area contributed by atoms with Crippen molar-refractivity contribution in [3.63, 3.8) is 0 Å². The van der Waals surface area contributed by atoms with Gasteiger partial charge in [0, 0.05) is 6.42 Å². The van der Waals surface area contributed by atoms with Crippen molar-refractivity contribution in [1.82, 2.24) is 0 Å². The number of nitrogens with zero attached hydrogens (tertiary/aromatic N) is 1. The monoisotopic (exact) mass is 233 g/mol. The van der Waals surface area contributed by atoms with Gasteiger partial charge in [-0.1, -0.05) is 50.5 Å². The molecule has 0 N–H and O–H groups in total. The van der Waals surface area contributed by atoms with Crippen LogP contribution >= 0.6 is 0 Å². The van der Waals surface area contributed by atoms with Crippen molar-refractivity contribution in [2.75, 3.05) is 0 Å². The zero-order chi connectivity index (χ0) is 12.8. The van der Waals surface area contributed by atoms with Gasteiger partial charge in [0.1, 0.15) is 0 Å². The molecule has 0 fully saturated rings. The predicted molar refractivity (Wildman–Crippen MR) is 75.7 cm³/mol. The van der Waals surface area contributed by atoms with E-state index in [-0.39, 0.29) is 0 Å². The molecule has 96 valence electrons. The van der Waals surface area contributed by atoms with E-state index in [2.05, 4.69) is 38.1 Å². The Kier molecular flexibility index (Phi) is 12.2. The highest BCUT2D eigenvalue weighted by molar-refractivity contribution is 5.02. The molecule has 0 aromatic carbocycles. The summed E-state index contributed by atoms with van der Waals surface area (Å²) in [6, 6.07) is 2.17. The molecule has 0 aliphatic heterocycles. The molecule has 0 heterocycles. The van der Waals surface area contributed by atoms with Crippen molar-refractivity contribution in [2.24, 2.45) is 0 Å². The number of nitriles is 1. The predicted octanol–water partition coefficient (Wildman–Crippen LogP) is 5.54. The minimum Gasteiger partial charge on any atom is -0.198 e. The average Bonchev–Trinajstić information content (AvgIpc) is 2.33. The lowest BCUT2D eigenvalue weighted by Gasteiger charge is -2.03. The fourth-order valence-electron chi connectivity index (χ4n) is 1.89. The zero-order valence-corrected chi connectivity index (χ0v) is 11.5. The van der Waals surface area contributed by atoms with E-state index >= 15 is 0 Å². The third-order valence-corrected chi connectivity index (χ3v) is 2.73. The summed E-state index contributed by atoms with van der Waals surface area (Å²) in [7, 11) is 0. The molecule has 0 saturated carbocycles. The third kappa shape index (κ3) is 11.2. The van der Waals surface area contributed by atoms with Crippen LogP contribution in [0.25, 0.3) is 0 Å². The Morgan fingerprint density at radius 1 is 1.00 bits per heavy atom. The lowest BCUT2D eigenvalue weighted by Crippen LogP contribution is -1.83. The van der Waals surface area contributed by atoms with Gasteiger partial charge in [-0.2, -0.15) is 5.26 Å². The number of unbranched alkanes of at least 4 members (excludes halogenated alkanes) is 3. The van der Waals surface area contributed by atoms with Gasteiger partial charge in [-0.3, -0.25) is 0 Å². The lowest BCUT2D eigenvalue weighted by atomic mass is 10.0. The second kappa shape index (κ2) is 13.0. The van der Waals surface area contributed by atoms with Crippen LogP contribution in [0.15, 0.2) is 23.8 Å². The standard InChI is InChI=1S/C16H27N/c1-3-12-16(13-4-2)14-10-8-6-5-7-9-11-15-17/h5-6,14H,3-4,7-13H2,1-2H3. The number of allylic oxidation sites excluding steroid dienone is 4. The second-order valence-electron chi connectivity index (χ2n) is 4.46. The van der Waals surface area contributed by atoms with Crippen molar-refractivity contribution < 1.29 is 0 Å². The lowest BCUT2D eigenvalue weighted by molar-refractivity contribution is 0.791. The summed E-state index contributed by atoms with van der Waals surface area (Å²) in [5.74, 6) is 0. The molecule has 0 aliphatic rings. The number of hydrogen-bond donors (Lipinski definition) is 0. The van der Waals surface area contributed by atoms with Crippen LogP contribution in [0.2, 0.25) is 0 Å². The first kappa shape index (κ1) is 16.0. The Balaban J connectivity index is 3.64. The molecule has 0 rings (SSSR count). The highest BCUT2D eigenvalue weighted by atomic mass is 14.2. The average molecular weight is 233 g/mol. The first-order valence-electron chi connectivity index (χ1n) is 7.05. The van der Waals surface area contributed by atoms with Gasteiger partial charge in [-0.05, 0) is 38.5 Å². The molecule has 0 aliphatic carbocycles. The maximum Gasteiger partial charge on any atom is 0.0621 e. The largest absolute Gasteiger partial charge is 0.198 e. The first-order chi connectivity index (χ1) is 8.35. The minimum atomic E-state index is 0.682. The maximum absolute atomic E-state index is 8.39. The first-order valence-corrected chi connectivity index (χ1v) is 7.05. The Hall–Kier alpha value is -1.03. The quantitative estimate of drug-likeness (QED) is 0.359. The van der Waals surface area contributed by atoms with Crippen molar-refractivity contribution in [3.8, 4) is 6.07 Å². The van der Waals surface area contributed by atoms with Crippen molar-refractivity contribution in [3.05, 3.63) is 23.8 Å². The van der Waals surface area contributed by atoms with Crippen molar-refractivity contribution in [1.29, 1.82) is 5.26 Å². The summed E-state index contributed by atoms with van der Waals surface area (Å²) in [5.41, 5.74) is 1.63. The summed E-state index contributed by atoms with van der Waals surface area (Å²) in [6.45, 7) is 4.50. The SMILES string of the molecule is CCCC(=CCCC=CCCCC#N)CCC. The number of rotatable bonds is 10. The van der Waals surface area contributed by atoms with Gasteiger partial charge in [0.05, 0.1) is 6.07 Å². The fraction of sp³-hybridized carbons (Fsp3) is 0.688. The normalized spacial score (nSPS) is 10.4. The van der Waals surface area contributed by atoms with Gasteiger partial charge in [0.15, 0.2) is 0 Å². The summed E-state index contributed by atoms with van der Waals surface area (Å²) < 4.78 is 0. The molecule has 0 spiro atoms. The van der Waals surface area contributed by atoms with Crippen molar-refractivity contribution in [2.45, 2.75) is 71.6 Å². The molecule has 0 unspecified atom stereocenters. The van der Waals surface area contributed by atoms with Crippen LogP contribution in [0, 0.1) is 11.3 Å². The molecular weight excluding hydrogens is 206 g/mol. The van der Waals surface area contributed by atoms with Crippen LogP contribution < -0.4 is 0 Å². The van der Waals surface area contributed by atoms with Crippen LogP contribution in [0.5, 0.6) is 0 Å². The summed E-state index contributed by atoms with van der Waals surface area (Å²) in [6.07, 6.45) is 17.0. The van der Waals surface area contributed by atoms with Crippen LogP contribution in [0.3, 0.4) is 0 Å². The van der Waals surface area contributed by atoms with E-state index in [1.807, 2.05) is 0 Å². The zero-order valence-electron chi connectivity index (χ0n) is 11.5. The summed E-state index contributed by atoms with van der Waals surface area (Å²) in [5, 5.41) is 8.39. The smallest absolute Gasteiger partial charge is 0.0621 e. The maximum atomic E-state index is 8.39. The van der Waals surface area contributed by atoms with Gasteiger partial charge in [0.2, 0.25) is 0 Å². The molecule has 0 atom stereocenters. The van der Waals surface area contributed by atoms with Gasteiger partial charge in [-0.25, -0.2) is 0 Å². The molecule has 0 radical (unpaired) electrons. The molecule has 0 saturated heterocycles. The molecular formula is C16H27N. The van der Waals surface area contributed by atoms with Gasteiger partial charge < -0.3 is 0 Å². The summed E-state index contributed by atoms with van der Waals surface area (Å²) in [4.78, 5) is 0. The highest BCUT2D eigenvalue weighted by Crippen LogP contribution is 2.13. The van der Waals surface area contributed by atoms with Crippen molar-refractivity contribution >= 4 is 0 Å². The van der Waals surface area contributed by atoms with E-state index in [1.165, 1.54) is 32.1 Å². The highest BCUT2D eigenvalue weighted by Gasteiger charge is 1.93. The van der Waals surface area contributed by atoms with Crippen LogP contribution in [-0.2, 0) is 0 Å². The molecule has 0 amide bonds. The van der Waals surface area contributed by atoms with Gasteiger partial charge >= 0.3 is 0 Å². The number of hydrogen-bond acceptors (Lipinski definition) is 1. The van der Waals surface area contributed by atoms with E-state index in [9.17, 15) is 0 Å². The van der Waals surface area contributed by atoms with Crippen LogP contribution in [-0.4, -0.2) is 0 Å². The minimum absolute atomic E-state index is 0.682. The fourth-order valence-corrected chi connectivity index (χ4v) is 1.89. The Morgan fingerprint density at radius 2 is 1.65 bits per heavy atom. The van der Waals surface area contributed by atoms with E-state index in [4.69, 9.17) is 5.26 Å². The van der Waals surface area contributed by atoms with E-state index in [1.54, 1.807) is 5.57 Å². The second-order valence-corrected chi connectivity index (χ2v) is 4.46. The van der Waals surface area contributed by atoms with Crippen LogP contribution in [0.4, 0.5) is 0 Å². The van der Waals surface area contributed by atoms with E-state index < -0.39 is 0 Å². The molecule has 17 heavy (non-hydrogen) atoms. The molecule has 0 aromatic rings. The molecule has 1 nitrogen and oxygen atoms in total. The Morgan fingerprint density at radius 3 is 2.24 bits per heavy atom. The summed E-state index contributed by atoms with van der Waals surface area (Å²) >= 11 is 0. The molecule has 1 heteroatoms. The van der Waals surface area contributed by atoms with E-state index in [0.29, 0.717) is 6.42 Å². The topological polar surface area (TPSA) is 23.8 Å². The molecule has 0 bridgehead atoms. The van der Waals surface area contributed by atoms with E-state index in [0.717, 1.165) is 19.3 Å². The van der Waals surface area contributed by atoms with Crippen LogP contribution in [0.1, 0.15) is 71.6 Å². The van der Waals surface area contributed by atoms with Gasteiger partial charge in [-0.15, -0.1) is 0 Å². The Bertz CT molecular complexity index is 247. The van der Waals surface area contributed by atoms with Gasteiger partial charge in [0.25, 0.3) is 0 Å². The Labute approximate surface area is 107 Å². The third-order valence-electron chi connectivity index (χ3n) is 2.73. The molecule has 0 aromatic heterocycles.